The van der Waals surface area contributed by atoms with Gasteiger partial charge < -0.3 is 0 Å². The van der Waals surface area contributed by atoms with E-state index in [-0.39, 0.29) is 11.3 Å². The van der Waals surface area contributed by atoms with Crippen LogP contribution in [-0.2, 0) is 4.79 Å². The normalized spacial score (nSPS) is 14.7. The summed E-state index contributed by atoms with van der Waals surface area (Å²) >= 11 is 1.46. The van der Waals surface area contributed by atoms with Crippen LogP contribution < -0.4 is 11.0 Å². The van der Waals surface area contributed by atoms with Crippen LogP contribution in [-0.4, -0.2) is 15.4 Å². The number of allylic oxidation sites excluding steroid dienone is 2. The highest BCUT2D eigenvalue weighted by Gasteiger charge is 2.15. The third-order valence-electron chi connectivity index (χ3n) is 4.05. The van der Waals surface area contributed by atoms with Crippen molar-refractivity contribution in [2.24, 2.45) is 0 Å². The molecule has 1 aromatic carbocycles. The van der Waals surface area contributed by atoms with Gasteiger partial charge in [-0.05, 0) is 18.4 Å². The molecule has 0 atom stereocenters. The van der Waals surface area contributed by atoms with Crippen LogP contribution in [0.5, 0.6) is 0 Å². The zero-order valence-electron chi connectivity index (χ0n) is 12.9. The van der Waals surface area contributed by atoms with E-state index in [9.17, 15) is 9.59 Å². The van der Waals surface area contributed by atoms with Gasteiger partial charge in [0.05, 0.1) is 5.39 Å². The molecular weight excluding hydrogens is 322 g/mol. The molecule has 0 saturated heterocycles. The number of rotatable bonds is 3. The SMILES string of the molecule is O=C1C=C(Nn2cnc3scc(-c4ccccc4)c3c2=O)CCC1. The molecule has 1 aliphatic carbocycles. The Morgan fingerprint density at radius 1 is 1.12 bits per heavy atom. The van der Waals surface area contributed by atoms with Crippen molar-refractivity contribution >= 4 is 27.3 Å². The Labute approximate surface area is 142 Å². The summed E-state index contributed by atoms with van der Waals surface area (Å²) < 4.78 is 1.37. The largest absolute Gasteiger partial charge is 0.295 e. The summed E-state index contributed by atoms with van der Waals surface area (Å²) in [6, 6.07) is 9.81. The van der Waals surface area contributed by atoms with Gasteiger partial charge in [0, 0.05) is 29.1 Å². The fourth-order valence-corrected chi connectivity index (χ4v) is 3.78. The van der Waals surface area contributed by atoms with E-state index in [4.69, 9.17) is 0 Å². The van der Waals surface area contributed by atoms with Crippen molar-refractivity contribution in [3.8, 4) is 11.1 Å². The van der Waals surface area contributed by atoms with E-state index in [0.29, 0.717) is 16.6 Å². The Balaban J connectivity index is 1.80. The molecule has 0 radical (unpaired) electrons. The van der Waals surface area contributed by atoms with Crippen molar-refractivity contribution < 1.29 is 4.79 Å². The van der Waals surface area contributed by atoms with Crippen LogP contribution in [0.25, 0.3) is 21.3 Å². The Kier molecular flexibility index (Phi) is 3.74. The van der Waals surface area contributed by atoms with E-state index in [1.54, 1.807) is 6.08 Å². The minimum atomic E-state index is -0.154. The van der Waals surface area contributed by atoms with Crippen LogP contribution in [0.3, 0.4) is 0 Å². The number of hydrogen-bond acceptors (Lipinski definition) is 5. The number of thiophene rings is 1. The summed E-state index contributed by atoms with van der Waals surface area (Å²) in [5, 5.41) is 2.56. The number of aromatic nitrogens is 2. The highest BCUT2D eigenvalue weighted by molar-refractivity contribution is 7.17. The van der Waals surface area contributed by atoms with Gasteiger partial charge in [0.15, 0.2) is 5.78 Å². The summed E-state index contributed by atoms with van der Waals surface area (Å²) in [7, 11) is 0. The maximum atomic E-state index is 12.9. The zero-order chi connectivity index (χ0) is 16.5. The van der Waals surface area contributed by atoms with Crippen LogP contribution in [0.4, 0.5) is 0 Å². The average Bonchev–Trinajstić information content (AvgIpc) is 3.03. The molecular formula is C18H15N3O2S. The molecule has 1 aliphatic rings. The van der Waals surface area contributed by atoms with E-state index < -0.39 is 0 Å². The standard InChI is InChI=1S/C18H15N3O2S/c22-14-8-4-7-13(9-14)20-21-11-19-17-16(18(21)23)15(10-24-17)12-5-2-1-3-6-12/h1-3,5-6,9-11,20H,4,7-8H2. The predicted molar refractivity (Wildman–Crippen MR) is 95.6 cm³/mol. The van der Waals surface area contributed by atoms with E-state index in [2.05, 4.69) is 10.4 Å². The van der Waals surface area contributed by atoms with Crippen molar-refractivity contribution in [1.29, 1.82) is 0 Å². The minimum absolute atomic E-state index is 0.0892. The third-order valence-corrected chi connectivity index (χ3v) is 4.93. The van der Waals surface area contributed by atoms with Crippen molar-refractivity contribution in [2.75, 3.05) is 5.43 Å². The molecule has 0 bridgehead atoms. The van der Waals surface area contributed by atoms with E-state index in [1.165, 1.54) is 22.3 Å². The number of carbonyl (C=O) groups is 1. The van der Waals surface area contributed by atoms with Gasteiger partial charge in [-0.1, -0.05) is 30.3 Å². The quantitative estimate of drug-likeness (QED) is 0.796. The Morgan fingerprint density at radius 2 is 1.96 bits per heavy atom. The van der Waals surface area contributed by atoms with Gasteiger partial charge in [-0.15, -0.1) is 11.3 Å². The summed E-state index contributed by atoms with van der Waals surface area (Å²) in [6.45, 7) is 0. The first-order valence-electron chi connectivity index (χ1n) is 7.77. The fraction of sp³-hybridized carbons (Fsp3) is 0.167. The fourth-order valence-electron chi connectivity index (χ4n) is 2.88. The number of benzene rings is 1. The first-order valence-corrected chi connectivity index (χ1v) is 8.65. The second kappa shape index (κ2) is 6.05. The molecule has 6 heteroatoms. The lowest BCUT2D eigenvalue weighted by Crippen LogP contribution is -2.29. The average molecular weight is 337 g/mol. The van der Waals surface area contributed by atoms with Gasteiger partial charge in [0.25, 0.3) is 5.56 Å². The van der Waals surface area contributed by atoms with Gasteiger partial charge in [-0.3, -0.25) is 15.0 Å². The van der Waals surface area contributed by atoms with Crippen LogP contribution in [0.2, 0.25) is 0 Å². The lowest BCUT2D eigenvalue weighted by molar-refractivity contribution is -0.115. The van der Waals surface area contributed by atoms with E-state index in [0.717, 1.165) is 29.7 Å². The number of nitrogens with zero attached hydrogens (tertiary/aromatic N) is 2. The predicted octanol–water partition coefficient (Wildman–Crippen LogP) is 3.31. The van der Waals surface area contributed by atoms with Crippen molar-refractivity contribution in [1.82, 2.24) is 9.66 Å². The molecule has 0 fully saturated rings. The van der Waals surface area contributed by atoms with E-state index in [1.807, 2.05) is 35.7 Å². The van der Waals surface area contributed by atoms with Gasteiger partial charge in [0.1, 0.15) is 11.2 Å². The summed E-state index contributed by atoms with van der Waals surface area (Å²) in [5.41, 5.74) is 5.51. The number of ketones is 1. The Hall–Kier alpha value is -2.73. The topological polar surface area (TPSA) is 64.0 Å². The molecule has 24 heavy (non-hydrogen) atoms. The highest BCUT2D eigenvalue weighted by Crippen LogP contribution is 2.30. The summed E-state index contributed by atoms with van der Waals surface area (Å²) in [6.07, 6.45) is 5.18. The first-order chi connectivity index (χ1) is 11.7. The minimum Gasteiger partial charge on any atom is -0.295 e. The molecule has 0 amide bonds. The number of hydrogen-bond donors (Lipinski definition) is 1. The molecule has 5 nitrogen and oxygen atoms in total. The van der Waals surface area contributed by atoms with Crippen LogP contribution in [0.15, 0.2) is 58.6 Å². The second-order valence-corrected chi connectivity index (χ2v) is 6.57. The third kappa shape index (κ3) is 2.65. The molecule has 2 heterocycles. The monoisotopic (exact) mass is 337 g/mol. The van der Waals surface area contributed by atoms with Crippen molar-refractivity contribution in [3.63, 3.8) is 0 Å². The summed E-state index contributed by atoms with van der Waals surface area (Å²) in [4.78, 5) is 29.5. The number of nitrogens with one attached hydrogen (secondary N) is 1. The van der Waals surface area contributed by atoms with E-state index >= 15 is 0 Å². The number of carbonyl (C=O) groups excluding carboxylic acids is 1. The highest BCUT2D eigenvalue weighted by atomic mass is 32.1. The first kappa shape index (κ1) is 14.8. The van der Waals surface area contributed by atoms with Gasteiger partial charge in [0.2, 0.25) is 0 Å². The molecule has 4 rings (SSSR count). The van der Waals surface area contributed by atoms with Gasteiger partial charge in [-0.2, -0.15) is 0 Å². The second-order valence-electron chi connectivity index (χ2n) is 5.72. The zero-order valence-corrected chi connectivity index (χ0v) is 13.7. The molecule has 1 N–H and O–H groups in total. The Bertz CT molecular complexity index is 1000. The Morgan fingerprint density at radius 3 is 2.75 bits per heavy atom. The van der Waals surface area contributed by atoms with Crippen molar-refractivity contribution in [3.05, 3.63) is 64.2 Å². The number of fused-ring (bicyclic) bond motifs is 1. The molecule has 2 aromatic heterocycles. The molecule has 3 aromatic rings. The van der Waals surface area contributed by atoms with Crippen LogP contribution in [0.1, 0.15) is 19.3 Å². The van der Waals surface area contributed by atoms with Crippen LogP contribution >= 0.6 is 11.3 Å². The molecule has 0 aliphatic heterocycles. The van der Waals surface area contributed by atoms with Crippen molar-refractivity contribution in [2.45, 2.75) is 19.3 Å². The van der Waals surface area contributed by atoms with Crippen LogP contribution in [0, 0.1) is 0 Å². The van der Waals surface area contributed by atoms with Gasteiger partial charge in [-0.25, -0.2) is 9.66 Å². The lowest BCUT2D eigenvalue weighted by Gasteiger charge is -2.15. The maximum Gasteiger partial charge on any atom is 0.281 e. The lowest BCUT2D eigenvalue weighted by atomic mass is 10.0. The smallest absolute Gasteiger partial charge is 0.281 e. The molecule has 120 valence electrons. The van der Waals surface area contributed by atoms with Gasteiger partial charge >= 0.3 is 0 Å². The molecule has 0 saturated carbocycles. The molecule has 0 unspecified atom stereocenters. The summed E-state index contributed by atoms with van der Waals surface area (Å²) in [5.74, 6) is 0.0892. The molecule has 0 spiro atoms. The maximum absolute atomic E-state index is 12.9.